The van der Waals surface area contributed by atoms with E-state index >= 15 is 0 Å². The van der Waals surface area contributed by atoms with E-state index in [-0.39, 0.29) is 11.2 Å². The van der Waals surface area contributed by atoms with Gasteiger partial charge in [-0.25, -0.2) is 0 Å². The summed E-state index contributed by atoms with van der Waals surface area (Å²) >= 11 is 7.45. The number of halogens is 1. The van der Waals surface area contributed by atoms with Gasteiger partial charge in [-0.3, -0.25) is 9.69 Å². The molecule has 0 radical (unpaired) electrons. The summed E-state index contributed by atoms with van der Waals surface area (Å²) in [5.74, 6) is -0.0129. The lowest BCUT2D eigenvalue weighted by atomic mass is 10.2. The molecule has 0 aliphatic carbocycles. The maximum Gasteiger partial charge on any atom is 0.237 e. The van der Waals surface area contributed by atoms with E-state index in [0.29, 0.717) is 5.02 Å². The third-order valence-corrected chi connectivity index (χ3v) is 6.66. The number of aromatic nitrogens is 1. The minimum atomic E-state index is -0.208. The topological polar surface area (TPSA) is 46.5 Å². The van der Waals surface area contributed by atoms with Gasteiger partial charge in [-0.15, -0.1) is 11.8 Å². The van der Waals surface area contributed by atoms with Gasteiger partial charge in [0.1, 0.15) is 0 Å². The number of hydrogen-bond acceptors (Lipinski definition) is 4. The van der Waals surface area contributed by atoms with Crippen LogP contribution in [0.4, 0.5) is 5.69 Å². The molecule has 1 atom stereocenters. The number of thioether (sulfide) groups is 1. The number of carbonyl (C=O) groups is 1. The first-order chi connectivity index (χ1) is 14.6. The number of hydrogen-bond donors (Lipinski definition) is 1. The van der Waals surface area contributed by atoms with Gasteiger partial charge in [0.15, 0.2) is 0 Å². The Bertz CT molecular complexity index is 999. The van der Waals surface area contributed by atoms with Gasteiger partial charge in [-0.2, -0.15) is 0 Å². The molecule has 1 saturated heterocycles. The number of amides is 1. The van der Waals surface area contributed by atoms with Crippen molar-refractivity contribution < 1.29 is 9.53 Å². The van der Waals surface area contributed by atoms with Gasteiger partial charge < -0.3 is 14.6 Å². The number of carbonyl (C=O) groups excluding carboxylic acids is 1. The molecule has 1 aromatic heterocycles. The first-order valence-electron chi connectivity index (χ1n) is 10.2. The van der Waals surface area contributed by atoms with Gasteiger partial charge in [-0.05, 0) is 55.5 Å². The van der Waals surface area contributed by atoms with E-state index in [1.807, 2.05) is 43.3 Å². The summed E-state index contributed by atoms with van der Waals surface area (Å²) < 4.78 is 7.69. The van der Waals surface area contributed by atoms with E-state index in [1.165, 1.54) is 17.3 Å². The molecule has 5 nitrogen and oxygen atoms in total. The van der Waals surface area contributed by atoms with E-state index in [2.05, 4.69) is 33.1 Å². The lowest BCUT2D eigenvalue weighted by molar-refractivity contribution is -0.115. The molecule has 1 aliphatic heterocycles. The van der Waals surface area contributed by atoms with Crippen molar-refractivity contribution in [3.63, 3.8) is 0 Å². The lowest BCUT2D eigenvalue weighted by Gasteiger charge is -2.26. The fourth-order valence-electron chi connectivity index (χ4n) is 3.56. The van der Waals surface area contributed by atoms with Crippen molar-refractivity contribution >= 4 is 45.9 Å². The van der Waals surface area contributed by atoms with Crippen LogP contribution in [0.15, 0.2) is 59.6 Å². The lowest BCUT2D eigenvalue weighted by Crippen LogP contribution is -2.38. The Morgan fingerprint density at radius 3 is 2.67 bits per heavy atom. The fourth-order valence-corrected chi connectivity index (χ4v) is 4.55. The third kappa shape index (κ3) is 5.38. The van der Waals surface area contributed by atoms with Crippen LogP contribution in [0.25, 0.3) is 10.9 Å². The summed E-state index contributed by atoms with van der Waals surface area (Å²) in [4.78, 5) is 16.1. The molecule has 0 bridgehead atoms. The molecular weight excluding hydrogens is 418 g/mol. The predicted octanol–water partition coefficient (Wildman–Crippen LogP) is 4.75. The molecular formula is C23H26ClN3O2S. The van der Waals surface area contributed by atoms with Gasteiger partial charge in [0.2, 0.25) is 5.91 Å². The molecule has 0 spiro atoms. The van der Waals surface area contributed by atoms with Crippen molar-refractivity contribution in [3.8, 4) is 0 Å². The van der Waals surface area contributed by atoms with Crippen LogP contribution in [-0.4, -0.2) is 53.5 Å². The quantitative estimate of drug-likeness (QED) is 0.535. The molecule has 1 aliphatic rings. The molecule has 1 amide bonds. The maximum atomic E-state index is 12.6. The second kappa shape index (κ2) is 9.88. The van der Waals surface area contributed by atoms with Crippen molar-refractivity contribution in [1.29, 1.82) is 0 Å². The summed E-state index contributed by atoms with van der Waals surface area (Å²) in [5.41, 5.74) is 2.01. The number of rotatable bonds is 7. The first kappa shape index (κ1) is 21.2. The van der Waals surface area contributed by atoms with Crippen molar-refractivity contribution in [2.24, 2.45) is 0 Å². The molecule has 1 N–H and O–H groups in total. The van der Waals surface area contributed by atoms with E-state index in [0.717, 1.165) is 55.4 Å². The first-order valence-corrected chi connectivity index (χ1v) is 11.5. The van der Waals surface area contributed by atoms with Gasteiger partial charge in [-0.1, -0.05) is 11.6 Å². The molecule has 158 valence electrons. The molecule has 2 heterocycles. The maximum absolute atomic E-state index is 12.6. The smallest absolute Gasteiger partial charge is 0.237 e. The summed E-state index contributed by atoms with van der Waals surface area (Å²) in [6.07, 6.45) is 2.12. The number of anilines is 1. The second-order valence-corrected chi connectivity index (χ2v) is 9.29. The number of morpholine rings is 1. The van der Waals surface area contributed by atoms with Crippen molar-refractivity contribution in [2.45, 2.75) is 23.6 Å². The summed E-state index contributed by atoms with van der Waals surface area (Å²) in [5, 5.41) is 4.66. The Kier molecular flexibility index (Phi) is 7.00. The van der Waals surface area contributed by atoms with Crippen LogP contribution in [-0.2, 0) is 16.1 Å². The molecule has 30 heavy (non-hydrogen) atoms. The molecule has 7 heteroatoms. The Morgan fingerprint density at radius 2 is 1.90 bits per heavy atom. The molecule has 3 aromatic rings. The predicted molar refractivity (Wildman–Crippen MR) is 125 cm³/mol. The summed E-state index contributed by atoms with van der Waals surface area (Å²) in [6.45, 7) is 7.53. The highest BCUT2D eigenvalue weighted by Crippen LogP contribution is 2.26. The highest BCUT2D eigenvalue weighted by molar-refractivity contribution is 8.00. The zero-order chi connectivity index (χ0) is 20.9. The average Bonchev–Trinajstić information content (AvgIpc) is 3.17. The second-order valence-electron chi connectivity index (χ2n) is 7.44. The third-order valence-electron chi connectivity index (χ3n) is 5.30. The van der Waals surface area contributed by atoms with Gasteiger partial charge >= 0.3 is 0 Å². The van der Waals surface area contributed by atoms with Gasteiger partial charge in [0.25, 0.3) is 0 Å². The average molecular weight is 444 g/mol. The monoisotopic (exact) mass is 443 g/mol. The molecule has 2 aromatic carbocycles. The Labute approximate surface area is 186 Å². The minimum absolute atomic E-state index is 0.0129. The van der Waals surface area contributed by atoms with Gasteiger partial charge in [0.05, 0.1) is 18.5 Å². The summed E-state index contributed by atoms with van der Waals surface area (Å²) in [6, 6.07) is 15.8. The van der Waals surface area contributed by atoms with E-state index in [1.54, 1.807) is 0 Å². The molecule has 4 rings (SSSR count). The zero-order valence-corrected chi connectivity index (χ0v) is 18.6. The van der Waals surface area contributed by atoms with Gasteiger partial charge in [0, 0.05) is 58.9 Å². The molecule has 0 saturated carbocycles. The standard InChI is InChI=1S/C23H26ClN3O2S/c1-17(30-21-5-2-19(24)3-6-21)23(28)25-20-4-7-22-18(16-20)8-9-27(22)11-10-26-12-14-29-15-13-26/h2-9,16-17H,10-15H2,1H3,(H,25,28). The fraction of sp³-hybridized carbons (Fsp3) is 0.348. The van der Waals surface area contributed by atoms with E-state index < -0.39 is 0 Å². The largest absolute Gasteiger partial charge is 0.379 e. The zero-order valence-electron chi connectivity index (χ0n) is 17.0. The number of nitrogens with zero attached hydrogens (tertiary/aromatic N) is 2. The van der Waals surface area contributed by atoms with Crippen molar-refractivity contribution in [3.05, 3.63) is 59.8 Å². The number of nitrogens with one attached hydrogen (secondary N) is 1. The van der Waals surface area contributed by atoms with E-state index in [9.17, 15) is 4.79 Å². The molecule has 1 unspecified atom stereocenters. The number of benzene rings is 2. The number of ether oxygens (including phenoxy) is 1. The van der Waals surface area contributed by atoms with Crippen LogP contribution in [0.5, 0.6) is 0 Å². The highest BCUT2D eigenvalue weighted by atomic mass is 35.5. The SMILES string of the molecule is CC(Sc1ccc(Cl)cc1)C(=O)Nc1ccc2c(ccn2CCN2CCOCC2)c1. The number of fused-ring (bicyclic) bond motifs is 1. The normalized spacial score (nSPS) is 15.9. The molecule has 1 fully saturated rings. The van der Waals surface area contributed by atoms with Crippen molar-refractivity contribution in [2.75, 3.05) is 38.2 Å². The van der Waals surface area contributed by atoms with Crippen LogP contribution in [0.2, 0.25) is 5.02 Å². The Balaban J connectivity index is 1.36. The van der Waals surface area contributed by atoms with Crippen LogP contribution in [0.1, 0.15) is 6.92 Å². The summed E-state index contributed by atoms with van der Waals surface area (Å²) in [7, 11) is 0. The van der Waals surface area contributed by atoms with E-state index in [4.69, 9.17) is 16.3 Å². The Morgan fingerprint density at radius 1 is 1.13 bits per heavy atom. The van der Waals surface area contributed by atoms with Crippen molar-refractivity contribution in [1.82, 2.24) is 9.47 Å². The van der Waals surface area contributed by atoms with Crippen LogP contribution in [0.3, 0.4) is 0 Å². The van der Waals surface area contributed by atoms with Crippen LogP contribution in [0, 0.1) is 0 Å². The van der Waals surface area contributed by atoms with Crippen LogP contribution < -0.4 is 5.32 Å². The van der Waals surface area contributed by atoms with Crippen LogP contribution >= 0.6 is 23.4 Å². The highest BCUT2D eigenvalue weighted by Gasteiger charge is 2.15. The minimum Gasteiger partial charge on any atom is -0.379 e. The Hall–Kier alpha value is -1.99.